The lowest BCUT2D eigenvalue weighted by molar-refractivity contribution is 0.666. The molecular weight excluding hydrogens is 803 g/mol. The van der Waals surface area contributed by atoms with E-state index in [-0.39, 0.29) is 0 Å². The first kappa shape index (κ1) is 36.4. The average molecular weight is 838 g/mol. The molecule has 1 aliphatic rings. The van der Waals surface area contributed by atoms with E-state index >= 15 is 0 Å². The summed E-state index contributed by atoms with van der Waals surface area (Å²) >= 11 is 1.77. The third-order valence-corrected chi connectivity index (χ3v) is 13.4. The van der Waals surface area contributed by atoms with Crippen LogP contribution in [0.5, 0.6) is 0 Å². The van der Waals surface area contributed by atoms with Gasteiger partial charge in [0.15, 0.2) is 17.2 Å². The van der Waals surface area contributed by atoms with Crippen molar-refractivity contribution in [1.29, 1.82) is 0 Å². The zero-order chi connectivity index (χ0) is 42.1. The summed E-state index contributed by atoms with van der Waals surface area (Å²) in [6, 6.07) is 74.6. The lowest BCUT2D eigenvalue weighted by Crippen LogP contribution is -2.18. The second-order valence-electron chi connectivity index (χ2n) is 16.0. The number of aromatic nitrogens is 4. The minimum atomic E-state index is 0.570. The molecule has 0 saturated heterocycles. The van der Waals surface area contributed by atoms with Crippen LogP contribution in [0.1, 0.15) is 0 Å². The second kappa shape index (κ2) is 14.7. The van der Waals surface area contributed by atoms with Crippen LogP contribution in [0.2, 0.25) is 0 Å². The summed E-state index contributed by atoms with van der Waals surface area (Å²) in [5.74, 6) is 1.82. The van der Waals surface area contributed by atoms with Gasteiger partial charge in [-0.05, 0) is 76.9 Å². The Morgan fingerprint density at radius 3 is 1.72 bits per heavy atom. The Kier molecular flexibility index (Phi) is 8.35. The van der Waals surface area contributed by atoms with Crippen molar-refractivity contribution in [3.63, 3.8) is 0 Å². The molecule has 1 aliphatic heterocycles. The fourth-order valence-corrected chi connectivity index (χ4v) is 10.3. The van der Waals surface area contributed by atoms with Crippen LogP contribution in [0.15, 0.2) is 227 Å². The third kappa shape index (κ3) is 5.93. The van der Waals surface area contributed by atoms with Crippen molar-refractivity contribution in [2.75, 3.05) is 4.90 Å². The third-order valence-electron chi connectivity index (χ3n) is 12.2. The summed E-state index contributed by atoms with van der Waals surface area (Å²) in [5, 5.41) is 4.64. The van der Waals surface area contributed by atoms with Gasteiger partial charge in [-0.3, -0.25) is 4.90 Å². The van der Waals surface area contributed by atoms with E-state index in [0.717, 1.165) is 93.2 Å². The molecule has 4 heterocycles. The Morgan fingerprint density at radius 1 is 0.359 bits per heavy atom. The summed E-state index contributed by atoms with van der Waals surface area (Å²) in [7, 11) is 0. The second-order valence-corrected chi connectivity index (χ2v) is 17.1. The van der Waals surface area contributed by atoms with Crippen molar-refractivity contribution >= 4 is 72.8 Å². The topological polar surface area (TPSA) is 60.0 Å². The van der Waals surface area contributed by atoms with Gasteiger partial charge >= 0.3 is 0 Å². The molecule has 64 heavy (non-hydrogen) atoms. The van der Waals surface area contributed by atoms with Gasteiger partial charge < -0.3 is 8.98 Å². The number of nitrogens with zero attached hydrogens (tertiary/aromatic N) is 5. The maximum atomic E-state index is 6.59. The van der Waals surface area contributed by atoms with Gasteiger partial charge in [0.05, 0.1) is 28.1 Å². The van der Waals surface area contributed by atoms with Gasteiger partial charge in [-0.2, -0.15) is 9.97 Å². The molecule has 9 aromatic carbocycles. The number of anilines is 3. The molecule has 0 amide bonds. The summed E-state index contributed by atoms with van der Waals surface area (Å²) in [6.45, 7) is 0. The number of para-hydroxylation sites is 4. The predicted octanol–water partition coefficient (Wildman–Crippen LogP) is 15.5. The van der Waals surface area contributed by atoms with Crippen molar-refractivity contribution < 1.29 is 4.42 Å². The quantitative estimate of drug-likeness (QED) is 0.166. The molecule has 3 aromatic heterocycles. The number of hydrogen-bond acceptors (Lipinski definition) is 6. The summed E-state index contributed by atoms with van der Waals surface area (Å²) in [4.78, 5) is 19.7. The number of benzene rings is 9. The lowest BCUT2D eigenvalue weighted by Gasteiger charge is -2.31. The monoisotopic (exact) mass is 837 g/mol. The highest BCUT2D eigenvalue weighted by Gasteiger charge is 2.28. The first-order valence-corrected chi connectivity index (χ1v) is 22.2. The number of fused-ring (bicyclic) bond motifs is 8. The van der Waals surface area contributed by atoms with E-state index in [9.17, 15) is 0 Å². The SMILES string of the molecule is c1ccc(-c2nc(-c3ccccc3)nc(N3c4ccccc4Sc4cc(-c5cccc(-c6ccc7c8ccccc8n(-c8cccc9c8oc8ccccc89)c7c6)c5)ccc43)n2)cc1. The maximum Gasteiger partial charge on any atom is 0.238 e. The molecule has 6 nitrogen and oxygen atoms in total. The van der Waals surface area contributed by atoms with Crippen LogP contribution in [-0.4, -0.2) is 19.5 Å². The normalized spacial score (nSPS) is 12.3. The van der Waals surface area contributed by atoms with Crippen LogP contribution in [0, 0.1) is 0 Å². The van der Waals surface area contributed by atoms with Crippen LogP contribution in [0.3, 0.4) is 0 Å². The molecule has 0 N–H and O–H groups in total. The molecule has 0 atom stereocenters. The Hall–Kier alpha value is -8.26. The van der Waals surface area contributed by atoms with Gasteiger partial charge in [-0.25, -0.2) is 4.98 Å². The molecule has 13 rings (SSSR count). The largest absolute Gasteiger partial charge is 0.454 e. The number of hydrogen-bond donors (Lipinski definition) is 0. The fourth-order valence-electron chi connectivity index (χ4n) is 9.25. The summed E-state index contributed by atoms with van der Waals surface area (Å²) in [6.07, 6.45) is 0. The van der Waals surface area contributed by atoms with E-state index < -0.39 is 0 Å². The van der Waals surface area contributed by atoms with Gasteiger partial charge in [0.1, 0.15) is 5.58 Å². The molecule has 0 saturated carbocycles. The summed E-state index contributed by atoms with van der Waals surface area (Å²) in [5.41, 5.74) is 13.5. The van der Waals surface area contributed by atoms with Gasteiger partial charge in [0.25, 0.3) is 0 Å². The highest BCUT2D eigenvalue weighted by Crippen LogP contribution is 2.52. The lowest BCUT2D eigenvalue weighted by atomic mass is 9.98. The Balaban J connectivity index is 0.921. The standard InChI is InChI=1S/C57H35N5OS/c1-3-15-36(16-4-1)55-58-56(37-17-5-2-6-18-37)60-57(59-55)62-47-25-10-12-28-52(47)64-53-35-41(30-32-48(53)62)39-20-13-19-38(33-39)40-29-31-43-42-21-7-9-24-46(42)61(50(43)34-40)49-26-14-23-45-44-22-8-11-27-51(44)63-54(45)49/h1-35H. The van der Waals surface area contributed by atoms with Crippen molar-refractivity contribution in [2.45, 2.75) is 9.79 Å². The maximum absolute atomic E-state index is 6.59. The highest BCUT2D eigenvalue weighted by atomic mass is 32.2. The highest BCUT2D eigenvalue weighted by molar-refractivity contribution is 7.99. The van der Waals surface area contributed by atoms with Crippen molar-refractivity contribution in [2.24, 2.45) is 0 Å². The molecule has 0 aliphatic carbocycles. The zero-order valence-electron chi connectivity index (χ0n) is 34.3. The smallest absolute Gasteiger partial charge is 0.238 e. The Bertz CT molecular complexity index is 3730. The van der Waals surface area contributed by atoms with E-state index in [2.05, 4.69) is 149 Å². The van der Waals surface area contributed by atoms with E-state index in [1.807, 2.05) is 72.8 Å². The predicted molar refractivity (Wildman–Crippen MR) is 262 cm³/mol. The molecule has 12 aromatic rings. The summed E-state index contributed by atoms with van der Waals surface area (Å²) < 4.78 is 8.95. The van der Waals surface area contributed by atoms with E-state index in [0.29, 0.717) is 17.6 Å². The van der Waals surface area contributed by atoms with Crippen LogP contribution >= 0.6 is 11.8 Å². The van der Waals surface area contributed by atoms with E-state index in [1.165, 1.54) is 10.8 Å². The molecule has 0 radical (unpaired) electrons. The van der Waals surface area contributed by atoms with Crippen molar-refractivity contribution in [3.05, 3.63) is 212 Å². The van der Waals surface area contributed by atoms with Crippen LogP contribution in [0.25, 0.3) is 94.5 Å². The van der Waals surface area contributed by atoms with Gasteiger partial charge in [0.2, 0.25) is 5.95 Å². The first-order chi connectivity index (χ1) is 31.7. The number of rotatable bonds is 6. The molecule has 0 spiro atoms. The van der Waals surface area contributed by atoms with Gasteiger partial charge in [0, 0.05) is 42.5 Å². The number of furan rings is 1. The van der Waals surface area contributed by atoms with E-state index in [4.69, 9.17) is 19.4 Å². The van der Waals surface area contributed by atoms with E-state index in [1.54, 1.807) is 11.8 Å². The van der Waals surface area contributed by atoms with Crippen LogP contribution in [0.4, 0.5) is 17.3 Å². The van der Waals surface area contributed by atoms with Gasteiger partial charge in [-0.15, -0.1) is 0 Å². The molecule has 300 valence electrons. The van der Waals surface area contributed by atoms with Crippen LogP contribution in [-0.2, 0) is 0 Å². The minimum Gasteiger partial charge on any atom is -0.454 e. The fraction of sp³-hybridized carbons (Fsp3) is 0. The zero-order valence-corrected chi connectivity index (χ0v) is 35.1. The van der Waals surface area contributed by atoms with Crippen molar-refractivity contribution in [3.8, 4) is 50.7 Å². The molecule has 0 unspecified atom stereocenters. The van der Waals surface area contributed by atoms with Crippen molar-refractivity contribution in [1.82, 2.24) is 19.5 Å². The Morgan fingerprint density at radius 2 is 0.922 bits per heavy atom. The average Bonchev–Trinajstić information content (AvgIpc) is 3.91. The Labute approximate surface area is 372 Å². The first-order valence-electron chi connectivity index (χ1n) is 21.3. The molecule has 0 fully saturated rings. The molecule has 0 bridgehead atoms. The molecular formula is C57H35N5OS. The molecule has 7 heteroatoms. The minimum absolute atomic E-state index is 0.570. The van der Waals surface area contributed by atoms with Crippen LogP contribution < -0.4 is 4.90 Å². The van der Waals surface area contributed by atoms with Gasteiger partial charge in [-0.1, -0.05) is 169 Å².